The predicted octanol–water partition coefficient (Wildman–Crippen LogP) is 3.88. The summed E-state index contributed by atoms with van der Waals surface area (Å²) >= 11 is 2.70. The Morgan fingerprint density at radius 1 is 1.37 bits per heavy atom. The number of carbonyl (C=O) groups excluding carboxylic acids is 2. The van der Waals surface area contributed by atoms with Crippen LogP contribution in [0.5, 0.6) is 0 Å². The standard InChI is InChI=1S/C19H18N4O5S2/c1-28-19(25)16-12-4-2-3-5-13(12)30-18(16)20-17(24)14-8-11(10-29-14)9-22-7-6-15(21-22)23(26)27/h6-8,10H,2-5,9H2,1H3,(H,20,24). The highest BCUT2D eigenvalue weighted by atomic mass is 32.1. The van der Waals surface area contributed by atoms with Gasteiger partial charge in [-0.2, -0.15) is 4.68 Å². The van der Waals surface area contributed by atoms with Crippen molar-refractivity contribution in [3.8, 4) is 0 Å². The van der Waals surface area contributed by atoms with E-state index in [-0.39, 0.29) is 11.7 Å². The molecule has 3 heterocycles. The van der Waals surface area contributed by atoms with Crippen molar-refractivity contribution in [2.45, 2.75) is 32.2 Å². The number of fused-ring (bicyclic) bond motifs is 1. The summed E-state index contributed by atoms with van der Waals surface area (Å²) in [6.45, 7) is 0.318. The Balaban J connectivity index is 1.51. The molecule has 0 spiro atoms. The minimum absolute atomic E-state index is 0.222. The van der Waals surface area contributed by atoms with Gasteiger partial charge in [0.2, 0.25) is 0 Å². The highest BCUT2D eigenvalue weighted by Gasteiger charge is 2.27. The van der Waals surface area contributed by atoms with Crippen LogP contribution < -0.4 is 5.32 Å². The fourth-order valence-electron chi connectivity index (χ4n) is 3.44. The number of aromatic nitrogens is 2. The average Bonchev–Trinajstić information content (AvgIpc) is 3.46. The van der Waals surface area contributed by atoms with Crippen LogP contribution in [0.3, 0.4) is 0 Å². The van der Waals surface area contributed by atoms with Crippen molar-refractivity contribution in [2.75, 3.05) is 12.4 Å². The number of nitrogens with one attached hydrogen (secondary N) is 1. The number of thiophene rings is 2. The highest BCUT2D eigenvalue weighted by Crippen LogP contribution is 2.39. The number of carbonyl (C=O) groups is 2. The summed E-state index contributed by atoms with van der Waals surface area (Å²) in [7, 11) is 1.34. The van der Waals surface area contributed by atoms with Gasteiger partial charge in [0.1, 0.15) is 5.00 Å². The van der Waals surface area contributed by atoms with E-state index in [1.165, 1.54) is 46.7 Å². The van der Waals surface area contributed by atoms with Gasteiger partial charge >= 0.3 is 11.8 Å². The summed E-state index contributed by atoms with van der Waals surface area (Å²) in [6, 6.07) is 3.05. The maximum Gasteiger partial charge on any atom is 0.389 e. The number of anilines is 1. The quantitative estimate of drug-likeness (QED) is 0.349. The molecular weight excluding hydrogens is 428 g/mol. The first-order chi connectivity index (χ1) is 14.5. The summed E-state index contributed by atoms with van der Waals surface area (Å²) in [5.74, 6) is -0.960. The summed E-state index contributed by atoms with van der Waals surface area (Å²) in [4.78, 5) is 36.9. The topological polar surface area (TPSA) is 116 Å². The summed E-state index contributed by atoms with van der Waals surface area (Å²) in [5.41, 5.74) is 2.26. The van der Waals surface area contributed by atoms with Crippen LogP contribution in [0.4, 0.5) is 10.8 Å². The molecule has 4 rings (SSSR count). The summed E-state index contributed by atoms with van der Waals surface area (Å²) in [6.07, 6.45) is 5.32. The smallest absolute Gasteiger partial charge is 0.389 e. The Bertz CT molecular complexity index is 1130. The van der Waals surface area contributed by atoms with Gasteiger partial charge in [0.05, 0.1) is 41.5 Å². The molecule has 3 aromatic heterocycles. The van der Waals surface area contributed by atoms with E-state index in [0.29, 0.717) is 22.0 Å². The molecule has 30 heavy (non-hydrogen) atoms. The van der Waals surface area contributed by atoms with E-state index in [0.717, 1.165) is 41.7 Å². The van der Waals surface area contributed by atoms with Gasteiger partial charge in [-0.3, -0.25) is 4.79 Å². The van der Waals surface area contributed by atoms with Gasteiger partial charge in [-0.05, 0) is 53.2 Å². The molecule has 0 aliphatic heterocycles. The van der Waals surface area contributed by atoms with Crippen molar-refractivity contribution < 1.29 is 19.2 Å². The van der Waals surface area contributed by atoms with Gasteiger partial charge in [-0.15, -0.1) is 22.7 Å². The van der Waals surface area contributed by atoms with Crippen LogP contribution in [0.25, 0.3) is 0 Å². The lowest BCUT2D eigenvalue weighted by Gasteiger charge is -2.11. The lowest BCUT2D eigenvalue weighted by Crippen LogP contribution is -2.14. The molecule has 1 aliphatic carbocycles. The van der Waals surface area contributed by atoms with E-state index in [2.05, 4.69) is 10.4 Å². The molecule has 9 nitrogen and oxygen atoms in total. The number of hydrogen-bond donors (Lipinski definition) is 1. The van der Waals surface area contributed by atoms with Crippen molar-refractivity contribution in [3.05, 3.63) is 60.3 Å². The zero-order valence-corrected chi connectivity index (χ0v) is 17.7. The normalized spacial score (nSPS) is 13.0. The number of amides is 1. The molecule has 0 saturated heterocycles. The van der Waals surface area contributed by atoms with Crippen LogP contribution in [0, 0.1) is 10.1 Å². The van der Waals surface area contributed by atoms with Crippen LogP contribution in [-0.4, -0.2) is 33.7 Å². The molecule has 1 amide bonds. The number of aryl methyl sites for hydroxylation is 1. The highest BCUT2D eigenvalue weighted by molar-refractivity contribution is 7.17. The molecule has 0 radical (unpaired) electrons. The fraction of sp³-hybridized carbons (Fsp3) is 0.316. The Labute approximate surface area is 179 Å². The molecular formula is C19H18N4O5S2. The van der Waals surface area contributed by atoms with Crippen LogP contribution in [0.15, 0.2) is 23.7 Å². The second-order valence-corrected chi connectivity index (χ2v) is 8.82. The Morgan fingerprint density at radius 3 is 2.90 bits per heavy atom. The third-order valence-electron chi connectivity index (χ3n) is 4.82. The van der Waals surface area contributed by atoms with Crippen LogP contribution in [0.1, 0.15) is 48.9 Å². The minimum Gasteiger partial charge on any atom is -0.465 e. The summed E-state index contributed by atoms with van der Waals surface area (Å²) in [5, 5.41) is 19.8. The molecule has 0 aromatic carbocycles. The fourth-order valence-corrected chi connectivity index (χ4v) is 5.51. The van der Waals surface area contributed by atoms with Gasteiger partial charge in [-0.25, -0.2) is 4.79 Å². The number of ether oxygens (including phenoxy) is 1. The first kappa shape index (κ1) is 20.2. The number of rotatable bonds is 6. The molecule has 3 aromatic rings. The molecule has 0 bridgehead atoms. The largest absolute Gasteiger partial charge is 0.465 e. The molecule has 1 aliphatic rings. The van der Waals surface area contributed by atoms with Crippen molar-refractivity contribution >= 4 is 45.4 Å². The zero-order valence-electron chi connectivity index (χ0n) is 16.0. The number of hydrogen-bond acceptors (Lipinski definition) is 8. The molecule has 0 atom stereocenters. The third-order valence-corrected chi connectivity index (χ3v) is 7.01. The molecule has 0 fully saturated rings. The second kappa shape index (κ2) is 8.36. The number of nitrogens with zero attached hydrogens (tertiary/aromatic N) is 3. The van der Waals surface area contributed by atoms with E-state index < -0.39 is 10.9 Å². The molecule has 156 valence electrons. The second-order valence-electron chi connectivity index (χ2n) is 6.81. The maximum absolute atomic E-state index is 12.8. The number of methoxy groups -OCH3 is 1. The first-order valence-electron chi connectivity index (χ1n) is 9.25. The monoisotopic (exact) mass is 446 g/mol. The molecule has 11 heteroatoms. The van der Waals surface area contributed by atoms with Crippen LogP contribution >= 0.6 is 22.7 Å². The minimum atomic E-state index is -0.553. The number of esters is 1. The lowest BCUT2D eigenvalue weighted by molar-refractivity contribution is -0.389. The van der Waals surface area contributed by atoms with Gasteiger partial charge in [-0.1, -0.05) is 0 Å². The first-order valence-corrected chi connectivity index (χ1v) is 11.0. The van der Waals surface area contributed by atoms with Crippen molar-refractivity contribution in [3.63, 3.8) is 0 Å². The Hall–Kier alpha value is -3.05. The van der Waals surface area contributed by atoms with E-state index in [4.69, 9.17) is 4.74 Å². The Morgan fingerprint density at radius 2 is 2.17 bits per heavy atom. The third kappa shape index (κ3) is 3.98. The predicted molar refractivity (Wildman–Crippen MR) is 113 cm³/mol. The van der Waals surface area contributed by atoms with Crippen molar-refractivity contribution in [1.29, 1.82) is 0 Å². The SMILES string of the molecule is COC(=O)c1c(NC(=O)c2cc(Cn3ccc([N+](=O)[O-])n3)cs2)sc2c1CCCC2. The zero-order chi connectivity index (χ0) is 21.3. The lowest BCUT2D eigenvalue weighted by atomic mass is 9.95. The molecule has 1 N–H and O–H groups in total. The van der Waals surface area contributed by atoms with E-state index in [1.807, 2.05) is 5.38 Å². The van der Waals surface area contributed by atoms with Gasteiger partial charge in [0, 0.05) is 4.88 Å². The van der Waals surface area contributed by atoms with Crippen LogP contribution in [0.2, 0.25) is 0 Å². The van der Waals surface area contributed by atoms with Crippen molar-refractivity contribution in [2.24, 2.45) is 0 Å². The van der Waals surface area contributed by atoms with Gasteiger partial charge in [0.25, 0.3) is 5.91 Å². The van der Waals surface area contributed by atoms with E-state index >= 15 is 0 Å². The maximum atomic E-state index is 12.8. The molecule has 0 unspecified atom stereocenters. The van der Waals surface area contributed by atoms with Crippen LogP contribution in [-0.2, 0) is 24.1 Å². The van der Waals surface area contributed by atoms with Gasteiger partial charge < -0.3 is 20.2 Å². The Kier molecular flexibility index (Phi) is 5.64. The van der Waals surface area contributed by atoms with Gasteiger partial charge in [0.15, 0.2) is 0 Å². The average molecular weight is 447 g/mol. The van der Waals surface area contributed by atoms with E-state index in [1.54, 1.807) is 6.07 Å². The van der Waals surface area contributed by atoms with E-state index in [9.17, 15) is 19.7 Å². The molecule has 0 saturated carbocycles. The van der Waals surface area contributed by atoms with Crippen molar-refractivity contribution in [1.82, 2.24) is 9.78 Å². The number of nitro groups is 1. The summed E-state index contributed by atoms with van der Waals surface area (Å²) < 4.78 is 6.39.